The highest BCUT2D eigenvalue weighted by Gasteiger charge is 2.22. The highest BCUT2D eigenvalue weighted by atomic mass is 16.4. The lowest BCUT2D eigenvalue weighted by Gasteiger charge is -2.30. The maximum absolute atomic E-state index is 5.64. The maximum Gasteiger partial charge on any atom is 0.318 e. The molecule has 0 radical (unpaired) electrons. The molecular weight excluding hydrogens is 264 g/mol. The number of rotatable bonds is 5. The maximum atomic E-state index is 5.64. The molecule has 0 spiro atoms. The van der Waals surface area contributed by atoms with Crippen molar-refractivity contribution in [2.24, 2.45) is 11.7 Å². The molecule has 1 aliphatic rings. The van der Waals surface area contributed by atoms with Gasteiger partial charge in [-0.05, 0) is 30.7 Å². The third kappa shape index (κ3) is 3.61. The van der Waals surface area contributed by atoms with Crippen molar-refractivity contribution < 1.29 is 4.42 Å². The van der Waals surface area contributed by atoms with Crippen LogP contribution >= 0.6 is 0 Å². The topological polar surface area (TPSA) is 68.2 Å². The Bertz CT molecular complexity index is 546. The first-order valence-corrected chi connectivity index (χ1v) is 7.66. The fourth-order valence-electron chi connectivity index (χ4n) is 2.87. The molecule has 1 aromatic carbocycles. The number of benzene rings is 1. The van der Waals surface area contributed by atoms with Gasteiger partial charge in [0.15, 0.2) is 0 Å². The molecule has 0 unspecified atom stereocenters. The van der Waals surface area contributed by atoms with E-state index in [9.17, 15) is 0 Å². The summed E-state index contributed by atoms with van der Waals surface area (Å²) in [6.07, 6.45) is 4.15. The normalized spacial score (nSPS) is 16.3. The van der Waals surface area contributed by atoms with E-state index in [1.54, 1.807) is 0 Å². The van der Waals surface area contributed by atoms with Gasteiger partial charge in [0.1, 0.15) is 0 Å². The Hall–Kier alpha value is -1.88. The van der Waals surface area contributed by atoms with Crippen LogP contribution in [0, 0.1) is 5.92 Å². The molecule has 3 rings (SSSR count). The monoisotopic (exact) mass is 286 g/mol. The van der Waals surface area contributed by atoms with E-state index in [1.807, 2.05) is 0 Å². The first kappa shape index (κ1) is 14.1. The molecule has 1 saturated heterocycles. The molecule has 0 bridgehead atoms. The minimum absolute atomic E-state index is 0.542. The van der Waals surface area contributed by atoms with E-state index in [2.05, 4.69) is 45.4 Å². The second-order valence-corrected chi connectivity index (χ2v) is 5.64. The van der Waals surface area contributed by atoms with Crippen molar-refractivity contribution in [1.29, 1.82) is 0 Å². The van der Waals surface area contributed by atoms with Crippen molar-refractivity contribution in [2.75, 3.05) is 24.5 Å². The van der Waals surface area contributed by atoms with Crippen molar-refractivity contribution in [2.45, 2.75) is 25.7 Å². The van der Waals surface area contributed by atoms with Crippen molar-refractivity contribution in [3.8, 4) is 0 Å². The second kappa shape index (κ2) is 6.72. The van der Waals surface area contributed by atoms with E-state index in [4.69, 9.17) is 10.2 Å². The fraction of sp³-hybridized carbons (Fsp3) is 0.500. The van der Waals surface area contributed by atoms with Crippen LogP contribution in [0.5, 0.6) is 0 Å². The molecule has 0 aliphatic carbocycles. The quantitative estimate of drug-likeness (QED) is 0.911. The highest BCUT2D eigenvalue weighted by molar-refractivity contribution is 5.25. The van der Waals surface area contributed by atoms with Crippen LogP contribution in [0.4, 0.5) is 6.01 Å². The van der Waals surface area contributed by atoms with Crippen LogP contribution in [0.1, 0.15) is 24.3 Å². The Morgan fingerprint density at radius 1 is 1.14 bits per heavy atom. The molecule has 2 heterocycles. The molecule has 1 aromatic heterocycles. The number of piperidine rings is 1. The first-order chi connectivity index (χ1) is 10.3. The molecule has 2 N–H and O–H groups in total. The van der Waals surface area contributed by atoms with Gasteiger partial charge in [-0.25, -0.2) is 0 Å². The van der Waals surface area contributed by atoms with E-state index in [0.29, 0.717) is 24.9 Å². The third-order valence-electron chi connectivity index (χ3n) is 4.07. The van der Waals surface area contributed by atoms with Gasteiger partial charge in [0, 0.05) is 26.1 Å². The van der Waals surface area contributed by atoms with Gasteiger partial charge in [0.25, 0.3) is 0 Å². The van der Waals surface area contributed by atoms with Crippen LogP contribution in [0.3, 0.4) is 0 Å². The number of nitrogens with zero attached hydrogens (tertiary/aromatic N) is 3. The number of aromatic nitrogens is 2. The summed E-state index contributed by atoms with van der Waals surface area (Å²) < 4.78 is 5.64. The largest absolute Gasteiger partial charge is 0.408 e. The van der Waals surface area contributed by atoms with E-state index in [1.165, 1.54) is 18.4 Å². The SMILES string of the molecule is NCCc1nnc(N2CCC(Cc3ccccc3)CC2)o1. The molecule has 2 aromatic rings. The van der Waals surface area contributed by atoms with Gasteiger partial charge in [-0.3, -0.25) is 0 Å². The third-order valence-corrected chi connectivity index (χ3v) is 4.07. The van der Waals surface area contributed by atoms with Gasteiger partial charge >= 0.3 is 6.01 Å². The van der Waals surface area contributed by atoms with Gasteiger partial charge in [-0.1, -0.05) is 35.4 Å². The number of hydrogen-bond acceptors (Lipinski definition) is 5. The summed E-state index contributed by atoms with van der Waals surface area (Å²) in [5.74, 6) is 1.38. The molecule has 5 nitrogen and oxygen atoms in total. The van der Waals surface area contributed by atoms with Gasteiger partial charge in [0.05, 0.1) is 0 Å². The second-order valence-electron chi connectivity index (χ2n) is 5.64. The molecule has 1 aliphatic heterocycles. The smallest absolute Gasteiger partial charge is 0.318 e. The zero-order valence-electron chi connectivity index (χ0n) is 12.2. The summed E-state index contributed by atoms with van der Waals surface area (Å²) in [5, 5.41) is 8.15. The molecule has 0 atom stereocenters. The van der Waals surface area contributed by atoms with Gasteiger partial charge < -0.3 is 15.1 Å². The summed E-state index contributed by atoms with van der Waals surface area (Å²) in [4.78, 5) is 2.19. The average molecular weight is 286 g/mol. The van der Waals surface area contributed by atoms with E-state index in [0.717, 1.165) is 25.4 Å². The molecule has 1 fully saturated rings. The van der Waals surface area contributed by atoms with Crippen LogP contribution in [0.15, 0.2) is 34.7 Å². The van der Waals surface area contributed by atoms with Crippen LogP contribution < -0.4 is 10.6 Å². The number of nitrogens with two attached hydrogens (primary N) is 1. The average Bonchev–Trinajstić information content (AvgIpc) is 2.98. The lowest BCUT2D eigenvalue weighted by Crippen LogP contribution is -2.34. The molecule has 0 saturated carbocycles. The Balaban J connectivity index is 1.52. The van der Waals surface area contributed by atoms with Crippen LogP contribution in [-0.2, 0) is 12.8 Å². The summed E-state index contributed by atoms with van der Waals surface area (Å²) >= 11 is 0. The van der Waals surface area contributed by atoms with E-state index in [-0.39, 0.29) is 0 Å². The van der Waals surface area contributed by atoms with Gasteiger partial charge in [0.2, 0.25) is 5.89 Å². The van der Waals surface area contributed by atoms with Crippen molar-refractivity contribution in [3.63, 3.8) is 0 Å². The number of hydrogen-bond donors (Lipinski definition) is 1. The van der Waals surface area contributed by atoms with Crippen molar-refractivity contribution >= 4 is 6.01 Å². The number of anilines is 1. The van der Waals surface area contributed by atoms with Crippen molar-refractivity contribution in [1.82, 2.24) is 10.2 Å². The Morgan fingerprint density at radius 2 is 1.90 bits per heavy atom. The predicted molar refractivity (Wildman–Crippen MR) is 82.1 cm³/mol. The molecule has 21 heavy (non-hydrogen) atoms. The minimum atomic E-state index is 0.542. The standard InChI is InChI=1S/C16H22N4O/c17-9-6-15-18-19-16(21-15)20-10-7-14(8-11-20)12-13-4-2-1-3-5-13/h1-5,14H,6-12,17H2. The first-order valence-electron chi connectivity index (χ1n) is 7.66. The minimum Gasteiger partial charge on any atom is -0.408 e. The molecule has 0 amide bonds. The van der Waals surface area contributed by atoms with Gasteiger partial charge in [-0.15, -0.1) is 5.10 Å². The van der Waals surface area contributed by atoms with Crippen LogP contribution in [0.25, 0.3) is 0 Å². The van der Waals surface area contributed by atoms with Crippen molar-refractivity contribution in [3.05, 3.63) is 41.8 Å². The van der Waals surface area contributed by atoms with Crippen LogP contribution in [0.2, 0.25) is 0 Å². The Morgan fingerprint density at radius 3 is 2.62 bits per heavy atom. The molecular formula is C16H22N4O. The Kier molecular flexibility index (Phi) is 4.50. The van der Waals surface area contributed by atoms with Gasteiger partial charge in [-0.2, -0.15) is 0 Å². The van der Waals surface area contributed by atoms with E-state index < -0.39 is 0 Å². The fourth-order valence-corrected chi connectivity index (χ4v) is 2.87. The summed E-state index contributed by atoms with van der Waals surface area (Å²) in [5.41, 5.74) is 6.93. The zero-order chi connectivity index (χ0) is 14.5. The lowest BCUT2D eigenvalue weighted by atomic mass is 9.90. The molecule has 112 valence electrons. The Labute approximate surface area is 125 Å². The highest BCUT2D eigenvalue weighted by Crippen LogP contribution is 2.25. The summed E-state index contributed by atoms with van der Waals surface area (Å²) in [6, 6.07) is 11.4. The molecule has 5 heteroatoms. The lowest BCUT2D eigenvalue weighted by molar-refractivity contribution is 0.381. The van der Waals surface area contributed by atoms with E-state index >= 15 is 0 Å². The summed E-state index contributed by atoms with van der Waals surface area (Å²) in [6.45, 7) is 2.52. The van der Waals surface area contributed by atoms with Crippen LogP contribution in [-0.4, -0.2) is 29.8 Å². The predicted octanol–water partition coefficient (Wildman–Crippen LogP) is 2.03. The zero-order valence-corrected chi connectivity index (χ0v) is 12.2. The summed E-state index contributed by atoms with van der Waals surface area (Å²) in [7, 11) is 0.